The lowest BCUT2D eigenvalue weighted by Crippen LogP contribution is -1.96. The highest BCUT2D eigenvalue weighted by Gasteiger charge is 1.87. The van der Waals surface area contributed by atoms with Crippen molar-refractivity contribution in [2.24, 2.45) is 0 Å². The van der Waals surface area contributed by atoms with Gasteiger partial charge in [-0.1, -0.05) is 0 Å². The third-order valence-corrected chi connectivity index (χ3v) is 0.614. The van der Waals surface area contributed by atoms with Crippen molar-refractivity contribution in [1.82, 2.24) is 0 Å². The topological polar surface area (TPSA) is 9.23 Å². The maximum atomic E-state index is 4.65. The predicted molar refractivity (Wildman–Crippen MR) is 33.6 cm³/mol. The van der Waals surface area contributed by atoms with Crippen LogP contribution in [0.15, 0.2) is 0 Å². The van der Waals surface area contributed by atoms with Crippen LogP contribution >= 0.6 is 25.3 Å². The Morgan fingerprint density at radius 3 is 2.17 bits per heavy atom. The minimum Gasteiger partial charge on any atom is -0.383 e. The summed E-state index contributed by atoms with van der Waals surface area (Å²) in [6.45, 7) is 0.603. The number of ether oxygens (including phenoxy) is 1. The first kappa shape index (κ1) is 6.66. The summed E-state index contributed by atoms with van der Waals surface area (Å²) in [6, 6.07) is 0. The molecule has 0 bridgehead atoms. The van der Waals surface area contributed by atoms with Gasteiger partial charge in [0.1, 0.15) is 0 Å². The largest absolute Gasteiger partial charge is 0.383 e. The van der Waals surface area contributed by atoms with E-state index in [1.54, 1.807) is 7.11 Å². The molecule has 0 heterocycles. The fourth-order valence-corrected chi connectivity index (χ4v) is 0.447. The average molecular weight is 124 g/mol. The predicted octanol–water partition coefficient (Wildman–Crippen LogP) is 0.819. The summed E-state index contributed by atoms with van der Waals surface area (Å²) >= 11 is 7.83. The minimum absolute atomic E-state index is 0.0648. The third kappa shape index (κ3) is 4.66. The van der Waals surface area contributed by atoms with Crippen molar-refractivity contribution in [3.05, 3.63) is 0 Å². The SMILES string of the molecule is COCC(S)S. The molecule has 0 rings (SSSR count). The van der Waals surface area contributed by atoms with Gasteiger partial charge in [0.2, 0.25) is 0 Å². The maximum Gasteiger partial charge on any atom is 0.0675 e. The first-order valence-electron chi connectivity index (χ1n) is 1.62. The average Bonchev–Trinajstić information content (AvgIpc) is 1.35. The van der Waals surface area contributed by atoms with Crippen molar-refractivity contribution >= 4 is 25.3 Å². The monoisotopic (exact) mass is 124 g/mol. The van der Waals surface area contributed by atoms with Gasteiger partial charge < -0.3 is 4.74 Å². The lowest BCUT2D eigenvalue weighted by molar-refractivity contribution is 0.214. The van der Waals surface area contributed by atoms with E-state index in [9.17, 15) is 0 Å². The second-order valence-corrected chi connectivity index (χ2v) is 2.59. The van der Waals surface area contributed by atoms with Crippen LogP contribution in [-0.4, -0.2) is 18.3 Å². The smallest absolute Gasteiger partial charge is 0.0675 e. The van der Waals surface area contributed by atoms with Gasteiger partial charge in [-0.05, 0) is 0 Å². The Labute approximate surface area is 48.9 Å². The molecule has 0 saturated carbocycles. The molecule has 0 aliphatic heterocycles. The van der Waals surface area contributed by atoms with Gasteiger partial charge in [-0.25, -0.2) is 0 Å². The van der Waals surface area contributed by atoms with Gasteiger partial charge in [0.05, 0.1) is 11.2 Å². The standard InChI is InChI=1S/C3H8OS2/c1-4-2-3(5)6/h3,5-6H,2H2,1H3. The fourth-order valence-electron chi connectivity index (χ4n) is 0.149. The molecule has 0 spiro atoms. The number of hydrogen-bond acceptors (Lipinski definition) is 3. The molecular formula is C3H8OS2. The Morgan fingerprint density at radius 1 is 1.67 bits per heavy atom. The van der Waals surface area contributed by atoms with Crippen molar-refractivity contribution in [3.63, 3.8) is 0 Å². The van der Waals surface area contributed by atoms with Crippen LogP contribution in [0.3, 0.4) is 0 Å². The molecule has 0 fully saturated rings. The first-order valence-corrected chi connectivity index (χ1v) is 2.65. The molecule has 1 nitrogen and oxygen atoms in total. The molecule has 0 radical (unpaired) electrons. The van der Waals surface area contributed by atoms with Crippen LogP contribution in [0.25, 0.3) is 0 Å². The molecule has 0 saturated heterocycles. The third-order valence-electron chi connectivity index (χ3n) is 0.316. The van der Waals surface area contributed by atoms with Crippen molar-refractivity contribution < 1.29 is 4.74 Å². The highest BCUT2D eigenvalue weighted by atomic mass is 32.2. The van der Waals surface area contributed by atoms with Crippen molar-refractivity contribution in [2.45, 2.75) is 4.58 Å². The van der Waals surface area contributed by atoms with Crippen molar-refractivity contribution in [1.29, 1.82) is 0 Å². The van der Waals surface area contributed by atoms with E-state index in [0.717, 1.165) is 0 Å². The van der Waals surface area contributed by atoms with Crippen LogP contribution in [0, 0.1) is 0 Å². The van der Waals surface area contributed by atoms with Crippen molar-refractivity contribution in [3.8, 4) is 0 Å². The van der Waals surface area contributed by atoms with E-state index >= 15 is 0 Å². The van der Waals surface area contributed by atoms with E-state index < -0.39 is 0 Å². The second kappa shape index (κ2) is 3.84. The van der Waals surface area contributed by atoms with Gasteiger partial charge in [-0.3, -0.25) is 0 Å². The van der Waals surface area contributed by atoms with Crippen LogP contribution in [0.1, 0.15) is 0 Å². The molecule has 38 valence electrons. The molecule has 0 aromatic heterocycles. The molecule has 0 aliphatic rings. The van der Waals surface area contributed by atoms with Crippen LogP contribution in [0.4, 0.5) is 0 Å². The maximum absolute atomic E-state index is 4.65. The summed E-state index contributed by atoms with van der Waals surface area (Å²) in [5.74, 6) is 0. The van der Waals surface area contributed by atoms with Crippen LogP contribution in [0.5, 0.6) is 0 Å². The van der Waals surface area contributed by atoms with Gasteiger partial charge in [0.25, 0.3) is 0 Å². The summed E-state index contributed by atoms with van der Waals surface area (Å²) in [5, 5.41) is 0. The molecular weight excluding hydrogens is 116 g/mol. The lowest BCUT2D eigenvalue weighted by atomic mass is 10.8. The lowest BCUT2D eigenvalue weighted by Gasteiger charge is -1.96. The second-order valence-electron chi connectivity index (χ2n) is 0.936. The first-order chi connectivity index (χ1) is 2.77. The normalized spacial score (nSPS) is 10.0. The molecule has 3 heteroatoms. The Bertz CT molecular complexity index is 30.0. The number of thiol groups is 2. The molecule has 0 aliphatic carbocycles. The molecule has 0 amide bonds. The Morgan fingerprint density at radius 2 is 2.17 bits per heavy atom. The summed E-state index contributed by atoms with van der Waals surface area (Å²) in [7, 11) is 1.62. The molecule has 0 N–H and O–H groups in total. The number of rotatable bonds is 2. The minimum atomic E-state index is 0.0648. The summed E-state index contributed by atoms with van der Waals surface area (Å²) in [5.41, 5.74) is 0. The fraction of sp³-hybridized carbons (Fsp3) is 1.00. The highest BCUT2D eigenvalue weighted by molar-refractivity contribution is 7.99. The van der Waals surface area contributed by atoms with Crippen LogP contribution in [0.2, 0.25) is 0 Å². The van der Waals surface area contributed by atoms with E-state index in [1.807, 2.05) is 0 Å². The molecule has 0 aromatic rings. The Hall–Kier alpha value is 0.660. The molecule has 0 atom stereocenters. The Balaban J connectivity index is 2.63. The zero-order valence-corrected chi connectivity index (χ0v) is 5.38. The zero-order valence-electron chi connectivity index (χ0n) is 3.59. The summed E-state index contributed by atoms with van der Waals surface area (Å²) < 4.78 is 4.72. The highest BCUT2D eigenvalue weighted by Crippen LogP contribution is 1.97. The van der Waals surface area contributed by atoms with Gasteiger partial charge in [-0.2, -0.15) is 25.3 Å². The summed E-state index contributed by atoms with van der Waals surface area (Å²) in [6.07, 6.45) is 0. The van der Waals surface area contributed by atoms with E-state index in [1.165, 1.54) is 0 Å². The van der Waals surface area contributed by atoms with E-state index in [4.69, 9.17) is 0 Å². The van der Waals surface area contributed by atoms with Gasteiger partial charge in [0.15, 0.2) is 0 Å². The molecule has 6 heavy (non-hydrogen) atoms. The van der Waals surface area contributed by atoms with Gasteiger partial charge in [0, 0.05) is 7.11 Å². The van der Waals surface area contributed by atoms with Crippen LogP contribution < -0.4 is 0 Å². The quantitative estimate of drug-likeness (QED) is 0.409. The van der Waals surface area contributed by atoms with Gasteiger partial charge in [-0.15, -0.1) is 0 Å². The van der Waals surface area contributed by atoms with Crippen molar-refractivity contribution in [2.75, 3.05) is 13.7 Å². The molecule has 0 aromatic carbocycles. The number of methoxy groups -OCH3 is 1. The van der Waals surface area contributed by atoms with Gasteiger partial charge >= 0.3 is 0 Å². The molecule has 0 unspecified atom stereocenters. The Kier molecular flexibility index (Phi) is 4.26. The summed E-state index contributed by atoms with van der Waals surface area (Å²) in [4.78, 5) is 0. The number of hydrogen-bond donors (Lipinski definition) is 2. The van der Waals surface area contributed by atoms with E-state index in [0.29, 0.717) is 6.61 Å². The van der Waals surface area contributed by atoms with Crippen LogP contribution in [-0.2, 0) is 4.74 Å². The zero-order chi connectivity index (χ0) is 4.99. The van der Waals surface area contributed by atoms with E-state index in [-0.39, 0.29) is 4.58 Å². The van der Waals surface area contributed by atoms with E-state index in [2.05, 4.69) is 30.0 Å².